The fourth-order valence-corrected chi connectivity index (χ4v) is 5.07. The summed E-state index contributed by atoms with van der Waals surface area (Å²) in [5.74, 6) is -0.274. The maximum absolute atomic E-state index is 12.4. The van der Waals surface area contributed by atoms with Crippen molar-refractivity contribution in [3.8, 4) is 5.75 Å². The number of rotatable bonds is 5. The molecule has 0 amide bonds. The van der Waals surface area contributed by atoms with Crippen LogP contribution in [0.4, 0.5) is 18.9 Å². The number of nitrogens with zero attached hydrogens (tertiary/aromatic N) is 2. The van der Waals surface area contributed by atoms with Crippen molar-refractivity contribution in [2.75, 3.05) is 11.7 Å². The van der Waals surface area contributed by atoms with Crippen LogP contribution in [0.3, 0.4) is 0 Å². The molecule has 0 radical (unpaired) electrons. The van der Waals surface area contributed by atoms with Gasteiger partial charge < -0.3 is 14.9 Å². The molecule has 1 aliphatic heterocycles. The van der Waals surface area contributed by atoms with Crippen molar-refractivity contribution in [1.29, 1.82) is 0 Å². The van der Waals surface area contributed by atoms with Crippen LogP contribution >= 0.6 is 47.0 Å². The molecule has 40 heavy (non-hydrogen) atoms. The van der Waals surface area contributed by atoms with Gasteiger partial charge in [-0.15, -0.1) is 24.8 Å². The number of ether oxygens (including phenoxy) is 1. The second-order valence-corrected chi connectivity index (χ2v) is 9.88. The van der Waals surface area contributed by atoms with Crippen LogP contribution in [0.25, 0.3) is 0 Å². The molecular weight excluding hydrogens is 608 g/mol. The quantitative estimate of drug-likeness (QED) is 0.129. The summed E-state index contributed by atoms with van der Waals surface area (Å²) in [5.41, 5.74) is 7.91. The lowest BCUT2D eigenvalue weighted by molar-refractivity contribution is -0.274. The van der Waals surface area contributed by atoms with E-state index < -0.39 is 6.36 Å². The van der Waals surface area contributed by atoms with Gasteiger partial charge in [0, 0.05) is 22.9 Å². The molecule has 1 aliphatic carbocycles. The summed E-state index contributed by atoms with van der Waals surface area (Å²) in [6, 6.07) is 16.7. The molecule has 2 N–H and O–H groups in total. The number of nitrogens with one attached hydrogen (secondary N) is 2. The Labute approximate surface area is 249 Å². The summed E-state index contributed by atoms with van der Waals surface area (Å²) < 4.78 is 41.3. The standard InChI is InChI=1S/C26H19Cl2F3N4O2S.CH3Cl/c27-17-5-10-22(21(28)12-17)33-25(38)34-32-13-14-1-8-19-16(11-14)4-9-20-23(19)35-37-24(20)15-2-6-18(7-3-15)36-26(29,30)31;1-2/h1-3,5-8,10-13,20,24H,4,9H2,(H2,33,34,38);1H3/b32-13+;. The van der Waals surface area contributed by atoms with E-state index >= 15 is 0 Å². The van der Waals surface area contributed by atoms with Crippen LogP contribution in [0.2, 0.25) is 10.0 Å². The van der Waals surface area contributed by atoms with Gasteiger partial charge in [-0.1, -0.05) is 52.6 Å². The van der Waals surface area contributed by atoms with Crippen molar-refractivity contribution >= 4 is 69.7 Å². The zero-order valence-corrected chi connectivity index (χ0v) is 23.9. The lowest BCUT2D eigenvalue weighted by Crippen LogP contribution is -2.25. The zero-order valence-electron chi connectivity index (χ0n) is 20.8. The minimum absolute atomic E-state index is 0.00112. The first-order valence-corrected chi connectivity index (χ1v) is 13.7. The normalized spacial score (nSPS) is 17.5. The highest BCUT2D eigenvalue weighted by Gasteiger charge is 2.39. The Bertz CT molecular complexity index is 1440. The Morgan fingerprint density at radius 3 is 2.55 bits per heavy atom. The number of halogens is 6. The first kappa shape index (κ1) is 29.9. The molecule has 6 nitrogen and oxygen atoms in total. The Morgan fingerprint density at radius 1 is 1.10 bits per heavy atom. The lowest BCUT2D eigenvalue weighted by Gasteiger charge is -2.25. The maximum atomic E-state index is 12.4. The third kappa shape index (κ3) is 7.37. The highest BCUT2D eigenvalue weighted by molar-refractivity contribution is 7.80. The van der Waals surface area contributed by atoms with Gasteiger partial charge in [0.05, 0.1) is 22.6 Å². The van der Waals surface area contributed by atoms with Gasteiger partial charge in [-0.05, 0) is 78.1 Å². The minimum atomic E-state index is -4.73. The molecular formula is C27H22Cl3F3N4O2S. The second kappa shape index (κ2) is 13.1. The summed E-state index contributed by atoms with van der Waals surface area (Å²) in [4.78, 5) is 5.72. The van der Waals surface area contributed by atoms with Crippen LogP contribution in [-0.4, -0.2) is 29.8 Å². The van der Waals surface area contributed by atoms with Gasteiger partial charge in [0.1, 0.15) is 5.75 Å². The number of alkyl halides is 4. The molecule has 0 saturated heterocycles. The molecule has 0 spiro atoms. The molecule has 0 saturated carbocycles. The summed E-state index contributed by atoms with van der Waals surface area (Å²) in [7, 11) is 0. The Kier molecular flexibility index (Phi) is 9.78. The molecule has 13 heteroatoms. The molecule has 2 aliphatic rings. The lowest BCUT2D eigenvalue weighted by atomic mass is 9.78. The molecule has 5 rings (SSSR count). The number of anilines is 1. The third-order valence-corrected chi connectivity index (χ3v) is 6.85. The number of thiocarbonyl (C=S) groups is 1. The van der Waals surface area contributed by atoms with Crippen LogP contribution in [-0.2, 0) is 11.3 Å². The van der Waals surface area contributed by atoms with E-state index in [1.165, 1.54) is 18.5 Å². The van der Waals surface area contributed by atoms with Gasteiger partial charge in [-0.25, -0.2) is 0 Å². The maximum Gasteiger partial charge on any atom is 0.573 e. The van der Waals surface area contributed by atoms with E-state index in [4.69, 9.17) is 40.3 Å². The number of hydrogen-bond donors (Lipinski definition) is 2. The number of hydrazone groups is 1. The first-order valence-electron chi connectivity index (χ1n) is 11.8. The van der Waals surface area contributed by atoms with Gasteiger partial charge in [-0.3, -0.25) is 5.43 Å². The van der Waals surface area contributed by atoms with Gasteiger partial charge in [0.25, 0.3) is 0 Å². The predicted octanol–water partition coefficient (Wildman–Crippen LogP) is 8.11. The molecule has 3 aromatic rings. The fourth-order valence-electron chi connectivity index (χ4n) is 4.46. The number of benzene rings is 3. The van der Waals surface area contributed by atoms with E-state index in [2.05, 4.69) is 37.3 Å². The topological polar surface area (TPSA) is 67.2 Å². The van der Waals surface area contributed by atoms with Crippen LogP contribution in [0.5, 0.6) is 5.75 Å². The summed E-state index contributed by atoms with van der Waals surface area (Å²) in [6.07, 6.45) is -0.400. The second-order valence-electron chi connectivity index (χ2n) is 8.63. The fraction of sp³-hybridized carbons (Fsp3) is 0.222. The smallest absolute Gasteiger partial charge is 0.406 e. The van der Waals surface area contributed by atoms with E-state index in [1.54, 1.807) is 36.5 Å². The summed E-state index contributed by atoms with van der Waals surface area (Å²) in [5, 5.41) is 12.7. The molecule has 1 heterocycles. The van der Waals surface area contributed by atoms with E-state index in [9.17, 15) is 13.2 Å². The summed E-state index contributed by atoms with van der Waals surface area (Å²) >= 11 is 22.0. The Morgan fingerprint density at radius 2 is 1.85 bits per heavy atom. The Hall–Kier alpha value is -3.05. The average Bonchev–Trinajstić information content (AvgIpc) is 3.35. The largest absolute Gasteiger partial charge is 0.573 e. The van der Waals surface area contributed by atoms with E-state index in [0.29, 0.717) is 15.7 Å². The van der Waals surface area contributed by atoms with E-state index in [0.717, 1.165) is 40.8 Å². The number of hydrogen-bond acceptors (Lipinski definition) is 5. The van der Waals surface area contributed by atoms with Gasteiger partial charge in [0.15, 0.2) is 11.2 Å². The number of oxime groups is 1. The van der Waals surface area contributed by atoms with Crippen molar-refractivity contribution in [1.82, 2.24) is 5.43 Å². The highest BCUT2D eigenvalue weighted by atomic mass is 35.5. The Balaban J connectivity index is 0.00000181. The third-order valence-electron chi connectivity index (χ3n) is 6.11. The molecule has 2 atom stereocenters. The average molecular weight is 630 g/mol. The van der Waals surface area contributed by atoms with Gasteiger partial charge >= 0.3 is 6.36 Å². The number of fused-ring (bicyclic) bond motifs is 3. The van der Waals surface area contributed by atoms with Crippen molar-refractivity contribution in [2.45, 2.75) is 25.3 Å². The van der Waals surface area contributed by atoms with E-state index in [1.807, 2.05) is 18.2 Å². The predicted molar refractivity (Wildman–Crippen MR) is 157 cm³/mol. The van der Waals surface area contributed by atoms with Gasteiger partial charge in [0.2, 0.25) is 0 Å². The SMILES string of the molecule is CCl.FC(F)(F)Oc1ccc(C2ON=C3c4ccc(/C=N/NC(=S)Nc5ccc(Cl)cc5Cl)cc4CCC32)cc1. The summed E-state index contributed by atoms with van der Waals surface area (Å²) in [6.45, 7) is 0. The van der Waals surface area contributed by atoms with Crippen molar-refractivity contribution in [2.24, 2.45) is 16.2 Å². The minimum Gasteiger partial charge on any atom is -0.406 e. The zero-order chi connectivity index (χ0) is 28.9. The van der Waals surface area contributed by atoms with Crippen molar-refractivity contribution in [3.63, 3.8) is 0 Å². The van der Waals surface area contributed by atoms with Crippen molar-refractivity contribution < 1.29 is 22.7 Å². The number of aryl methyl sites for hydroxylation is 1. The van der Waals surface area contributed by atoms with E-state index in [-0.39, 0.29) is 22.9 Å². The van der Waals surface area contributed by atoms with Crippen LogP contribution < -0.4 is 15.5 Å². The van der Waals surface area contributed by atoms with Crippen LogP contribution in [0.1, 0.15) is 34.8 Å². The first-order chi connectivity index (χ1) is 19.2. The van der Waals surface area contributed by atoms with Crippen LogP contribution in [0.15, 0.2) is 70.9 Å². The van der Waals surface area contributed by atoms with Crippen molar-refractivity contribution in [3.05, 3.63) is 93.0 Å². The van der Waals surface area contributed by atoms with Crippen LogP contribution in [0, 0.1) is 5.92 Å². The molecule has 3 aromatic carbocycles. The molecule has 0 bridgehead atoms. The highest BCUT2D eigenvalue weighted by Crippen LogP contribution is 2.42. The molecule has 0 fully saturated rings. The molecule has 210 valence electrons. The monoisotopic (exact) mass is 628 g/mol. The molecule has 0 aromatic heterocycles. The van der Waals surface area contributed by atoms with Gasteiger partial charge in [-0.2, -0.15) is 5.10 Å². The molecule has 2 unspecified atom stereocenters.